The summed E-state index contributed by atoms with van der Waals surface area (Å²) < 4.78 is 39.9. The van der Waals surface area contributed by atoms with Gasteiger partial charge in [-0.05, 0) is 42.0 Å². The first kappa shape index (κ1) is 19.5. The van der Waals surface area contributed by atoms with Crippen LogP contribution in [0.1, 0.15) is 5.56 Å². The molecule has 2 heterocycles. The second-order valence-electron chi connectivity index (χ2n) is 5.92. The number of hydrogen-bond donors (Lipinski definition) is 0. The minimum Gasteiger partial charge on any atom is -0.337 e. The topological polar surface area (TPSA) is 70.6 Å². The molecular weight excluding hydrogens is 393 g/mol. The van der Waals surface area contributed by atoms with E-state index in [1.165, 1.54) is 16.4 Å². The van der Waals surface area contributed by atoms with Crippen molar-refractivity contribution in [3.05, 3.63) is 65.2 Å². The summed E-state index contributed by atoms with van der Waals surface area (Å²) in [6.07, 6.45) is 6.41. The Kier molecular flexibility index (Phi) is 5.88. The minimum atomic E-state index is -3.79. The summed E-state index contributed by atoms with van der Waals surface area (Å²) in [6.45, 7) is 0.861. The van der Waals surface area contributed by atoms with Gasteiger partial charge >= 0.3 is 0 Å². The number of benzene rings is 1. The lowest BCUT2D eigenvalue weighted by atomic mass is 10.2. The van der Waals surface area contributed by atoms with E-state index in [9.17, 15) is 17.6 Å². The Morgan fingerprint density at radius 2 is 1.78 bits per heavy atom. The highest BCUT2D eigenvalue weighted by Crippen LogP contribution is 2.23. The molecule has 9 heteroatoms. The number of pyridine rings is 1. The van der Waals surface area contributed by atoms with E-state index in [4.69, 9.17) is 11.6 Å². The Morgan fingerprint density at radius 1 is 1.11 bits per heavy atom. The lowest BCUT2D eigenvalue weighted by Gasteiger charge is -2.33. The third kappa shape index (κ3) is 4.52. The van der Waals surface area contributed by atoms with E-state index >= 15 is 0 Å². The second-order valence-corrected chi connectivity index (χ2v) is 8.26. The highest BCUT2D eigenvalue weighted by Gasteiger charge is 2.30. The molecule has 0 aliphatic carbocycles. The maximum atomic E-state index is 13.3. The SMILES string of the molecule is O=C(/C=C/c1ccncc1)N1CCN(S(=O)(=O)c2ccc(F)c(Cl)c2)CC1. The number of aromatic nitrogens is 1. The first-order chi connectivity index (χ1) is 12.9. The van der Waals surface area contributed by atoms with Crippen LogP contribution in [-0.2, 0) is 14.8 Å². The molecule has 2 aromatic rings. The molecule has 1 aliphatic heterocycles. The molecule has 0 radical (unpaired) electrons. The molecule has 1 aromatic carbocycles. The highest BCUT2D eigenvalue weighted by molar-refractivity contribution is 7.89. The number of carbonyl (C=O) groups is 1. The lowest BCUT2D eigenvalue weighted by molar-refractivity contribution is -0.127. The molecule has 0 N–H and O–H groups in total. The molecule has 0 bridgehead atoms. The van der Waals surface area contributed by atoms with E-state index in [-0.39, 0.29) is 42.0 Å². The van der Waals surface area contributed by atoms with E-state index in [2.05, 4.69) is 4.98 Å². The Bertz CT molecular complexity index is 959. The van der Waals surface area contributed by atoms with Gasteiger partial charge < -0.3 is 4.90 Å². The molecule has 1 amide bonds. The highest BCUT2D eigenvalue weighted by atomic mass is 35.5. The van der Waals surface area contributed by atoms with Crippen molar-refractivity contribution in [3.8, 4) is 0 Å². The monoisotopic (exact) mass is 409 g/mol. The molecular formula is C18H17ClFN3O3S. The van der Waals surface area contributed by atoms with E-state index in [1.54, 1.807) is 35.5 Å². The zero-order valence-corrected chi connectivity index (χ0v) is 15.8. The summed E-state index contributed by atoms with van der Waals surface area (Å²) in [6, 6.07) is 6.87. The Hall–Kier alpha value is -2.29. The lowest BCUT2D eigenvalue weighted by Crippen LogP contribution is -2.50. The number of sulfonamides is 1. The second kappa shape index (κ2) is 8.16. The van der Waals surface area contributed by atoms with Crippen LogP contribution in [0.4, 0.5) is 4.39 Å². The predicted octanol–water partition coefficient (Wildman–Crippen LogP) is 2.42. The third-order valence-electron chi connectivity index (χ3n) is 4.20. The van der Waals surface area contributed by atoms with Gasteiger partial charge in [-0.15, -0.1) is 0 Å². The van der Waals surface area contributed by atoms with Crippen molar-refractivity contribution in [1.29, 1.82) is 0 Å². The number of nitrogens with zero attached hydrogens (tertiary/aromatic N) is 3. The van der Waals surface area contributed by atoms with Crippen LogP contribution in [0.2, 0.25) is 5.02 Å². The van der Waals surface area contributed by atoms with Crippen LogP contribution in [0.3, 0.4) is 0 Å². The molecule has 1 aliphatic rings. The number of rotatable bonds is 4. The summed E-state index contributed by atoms with van der Waals surface area (Å²) in [5.74, 6) is -0.860. The molecule has 0 atom stereocenters. The molecule has 3 rings (SSSR count). The van der Waals surface area contributed by atoms with E-state index in [1.807, 2.05) is 0 Å². The zero-order valence-electron chi connectivity index (χ0n) is 14.3. The van der Waals surface area contributed by atoms with Crippen molar-refractivity contribution < 1.29 is 17.6 Å². The van der Waals surface area contributed by atoms with Crippen LogP contribution in [-0.4, -0.2) is 54.7 Å². The normalized spacial score (nSPS) is 16.0. The summed E-state index contributed by atoms with van der Waals surface area (Å²) in [7, 11) is -3.79. The molecule has 0 unspecified atom stereocenters. The quantitative estimate of drug-likeness (QED) is 0.727. The van der Waals surface area contributed by atoms with Gasteiger partial charge in [0, 0.05) is 44.6 Å². The van der Waals surface area contributed by atoms with Crippen LogP contribution in [0.25, 0.3) is 6.08 Å². The van der Waals surface area contributed by atoms with Crippen LogP contribution < -0.4 is 0 Å². The summed E-state index contributed by atoms with van der Waals surface area (Å²) in [5, 5.41) is -0.244. The van der Waals surface area contributed by atoms with E-state index in [0.717, 1.165) is 17.7 Å². The maximum absolute atomic E-state index is 13.3. The van der Waals surface area contributed by atoms with E-state index < -0.39 is 15.8 Å². The fourth-order valence-corrected chi connectivity index (χ4v) is 4.38. The summed E-state index contributed by atoms with van der Waals surface area (Å²) >= 11 is 5.69. The third-order valence-corrected chi connectivity index (χ3v) is 6.39. The first-order valence-corrected chi connectivity index (χ1v) is 10.0. The molecule has 1 aromatic heterocycles. The van der Waals surface area contributed by atoms with Gasteiger partial charge in [0.15, 0.2) is 0 Å². The zero-order chi connectivity index (χ0) is 19.4. The Balaban J connectivity index is 1.63. The van der Waals surface area contributed by atoms with Gasteiger partial charge in [0.25, 0.3) is 0 Å². The van der Waals surface area contributed by atoms with Crippen molar-refractivity contribution >= 4 is 33.6 Å². The minimum absolute atomic E-state index is 0.0636. The molecule has 0 spiro atoms. The molecule has 142 valence electrons. The van der Waals surface area contributed by atoms with Gasteiger partial charge in [0.05, 0.1) is 9.92 Å². The predicted molar refractivity (Wildman–Crippen MR) is 100 cm³/mol. The van der Waals surface area contributed by atoms with Gasteiger partial charge in [-0.25, -0.2) is 12.8 Å². The van der Waals surface area contributed by atoms with Crippen LogP contribution >= 0.6 is 11.6 Å². The van der Waals surface area contributed by atoms with Crippen molar-refractivity contribution in [2.75, 3.05) is 26.2 Å². The number of halogens is 2. The number of amides is 1. The standard InChI is InChI=1S/C18H17ClFN3O3S/c19-16-13-15(2-3-17(16)20)27(25,26)23-11-9-22(10-12-23)18(24)4-1-14-5-7-21-8-6-14/h1-8,13H,9-12H2/b4-1+. The fourth-order valence-electron chi connectivity index (χ4n) is 2.68. The van der Waals surface area contributed by atoms with Crippen LogP contribution in [0.15, 0.2) is 53.7 Å². The average Bonchev–Trinajstić information content (AvgIpc) is 2.69. The largest absolute Gasteiger partial charge is 0.337 e. The number of hydrogen-bond acceptors (Lipinski definition) is 4. The van der Waals surface area contributed by atoms with Gasteiger partial charge in [0.2, 0.25) is 15.9 Å². The van der Waals surface area contributed by atoms with Crippen molar-refractivity contribution in [3.63, 3.8) is 0 Å². The van der Waals surface area contributed by atoms with Gasteiger partial charge in [-0.1, -0.05) is 11.6 Å². The van der Waals surface area contributed by atoms with Crippen molar-refractivity contribution in [2.45, 2.75) is 4.90 Å². The van der Waals surface area contributed by atoms with Crippen LogP contribution in [0.5, 0.6) is 0 Å². The number of carbonyl (C=O) groups excluding carboxylic acids is 1. The Morgan fingerprint density at radius 3 is 2.41 bits per heavy atom. The molecule has 6 nitrogen and oxygen atoms in total. The molecule has 1 fully saturated rings. The van der Waals surface area contributed by atoms with E-state index in [0.29, 0.717) is 0 Å². The summed E-state index contributed by atoms with van der Waals surface area (Å²) in [5.41, 5.74) is 0.854. The smallest absolute Gasteiger partial charge is 0.246 e. The fraction of sp³-hybridized carbons (Fsp3) is 0.222. The summed E-state index contributed by atoms with van der Waals surface area (Å²) in [4.78, 5) is 17.7. The number of piperazine rings is 1. The maximum Gasteiger partial charge on any atom is 0.246 e. The molecule has 27 heavy (non-hydrogen) atoms. The van der Waals surface area contributed by atoms with Gasteiger partial charge in [0.1, 0.15) is 5.82 Å². The van der Waals surface area contributed by atoms with Crippen molar-refractivity contribution in [2.24, 2.45) is 0 Å². The van der Waals surface area contributed by atoms with Crippen LogP contribution in [0, 0.1) is 5.82 Å². The Labute approximate surface area is 161 Å². The average molecular weight is 410 g/mol. The molecule has 0 saturated carbocycles. The van der Waals surface area contributed by atoms with Gasteiger partial charge in [-0.3, -0.25) is 9.78 Å². The van der Waals surface area contributed by atoms with Gasteiger partial charge in [-0.2, -0.15) is 4.31 Å². The first-order valence-electron chi connectivity index (χ1n) is 8.20. The molecule has 1 saturated heterocycles. The van der Waals surface area contributed by atoms with Crippen molar-refractivity contribution in [1.82, 2.24) is 14.2 Å².